The van der Waals surface area contributed by atoms with Crippen molar-refractivity contribution in [3.8, 4) is 5.75 Å². The number of aromatic hydroxyl groups is 1. The first kappa shape index (κ1) is 47.0. The number of guanidine groups is 1. The van der Waals surface area contributed by atoms with Gasteiger partial charge in [-0.25, -0.2) is 4.79 Å². The molecule has 7 atom stereocenters. The normalized spacial score (nSPS) is 17.1. The zero-order valence-corrected chi connectivity index (χ0v) is 32.9. The van der Waals surface area contributed by atoms with E-state index in [4.69, 9.17) is 27.8 Å². The number of amides is 5. The third-order valence-corrected chi connectivity index (χ3v) is 9.55. The second-order valence-electron chi connectivity index (χ2n) is 14.6. The van der Waals surface area contributed by atoms with Crippen molar-refractivity contribution in [2.45, 2.75) is 122 Å². The van der Waals surface area contributed by atoms with Crippen LogP contribution in [0.25, 0.3) is 0 Å². The number of hydrogen-bond acceptors (Lipinski definition) is 11. The van der Waals surface area contributed by atoms with E-state index in [1.54, 1.807) is 19.1 Å². The minimum Gasteiger partial charge on any atom is -0.508 e. The molecule has 0 aliphatic carbocycles. The molecule has 314 valence electrons. The van der Waals surface area contributed by atoms with Gasteiger partial charge in [0, 0.05) is 19.4 Å². The number of oxime groups is 1. The van der Waals surface area contributed by atoms with Crippen molar-refractivity contribution in [1.82, 2.24) is 26.2 Å². The number of carbonyl (C=O) groups is 6. The summed E-state index contributed by atoms with van der Waals surface area (Å²) in [5.41, 5.74) is 22.8. The Morgan fingerprint density at radius 3 is 2.16 bits per heavy atom. The van der Waals surface area contributed by atoms with E-state index >= 15 is 0 Å². The molecule has 1 aliphatic rings. The third-order valence-electron chi connectivity index (χ3n) is 9.55. The molecule has 0 spiro atoms. The van der Waals surface area contributed by atoms with Crippen LogP contribution in [-0.2, 0) is 40.0 Å². The predicted molar refractivity (Wildman–Crippen MR) is 208 cm³/mol. The summed E-state index contributed by atoms with van der Waals surface area (Å²) in [7, 11) is 0. The molecule has 1 aromatic rings. The Morgan fingerprint density at radius 2 is 1.57 bits per heavy atom. The second kappa shape index (κ2) is 23.7. The van der Waals surface area contributed by atoms with E-state index in [0.29, 0.717) is 37.8 Å². The number of rotatable bonds is 24. The average molecular weight is 791 g/mol. The maximum atomic E-state index is 14.0. The topological polar surface area (TPSA) is 320 Å². The van der Waals surface area contributed by atoms with Crippen LogP contribution in [-0.4, -0.2) is 113 Å². The number of carboxylic acids is 1. The number of benzene rings is 1. The van der Waals surface area contributed by atoms with Crippen molar-refractivity contribution in [1.29, 1.82) is 0 Å². The first-order chi connectivity index (χ1) is 26.5. The van der Waals surface area contributed by atoms with Crippen molar-refractivity contribution in [2.75, 3.05) is 19.7 Å². The van der Waals surface area contributed by atoms with Crippen LogP contribution < -0.4 is 44.2 Å². The van der Waals surface area contributed by atoms with Crippen LogP contribution >= 0.6 is 0 Å². The summed E-state index contributed by atoms with van der Waals surface area (Å²) in [4.78, 5) is 86.8. The van der Waals surface area contributed by atoms with E-state index in [9.17, 15) is 39.0 Å². The quantitative estimate of drug-likeness (QED) is 0.0263. The summed E-state index contributed by atoms with van der Waals surface area (Å²) in [6, 6.07) is -0.585. The number of nitrogens with zero attached hydrogens (tertiary/aromatic N) is 2. The van der Waals surface area contributed by atoms with Crippen LogP contribution in [0.1, 0.15) is 84.6 Å². The number of phenols is 1. The van der Waals surface area contributed by atoms with Crippen LogP contribution in [0.2, 0.25) is 0 Å². The molecule has 14 N–H and O–H groups in total. The summed E-state index contributed by atoms with van der Waals surface area (Å²) in [6.45, 7) is 7.75. The molecular weight excluding hydrogens is 728 g/mol. The molecule has 1 aromatic carbocycles. The molecule has 1 saturated heterocycles. The molecule has 19 nitrogen and oxygen atoms in total. The van der Waals surface area contributed by atoms with Gasteiger partial charge in [-0.2, -0.15) is 0 Å². The van der Waals surface area contributed by atoms with Gasteiger partial charge in [-0.3, -0.25) is 24.0 Å². The number of hydrogen-bond donors (Lipinski definition) is 10. The molecule has 1 fully saturated rings. The lowest BCUT2D eigenvalue weighted by molar-refractivity contribution is -0.143. The molecule has 19 heteroatoms. The second-order valence-corrected chi connectivity index (χ2v) is 14.6. The molecule has 1 aliphatic heterocycles. The van der Waals surface area contributed by atoms with Crippen molar-refractivity contribution in [2.24, 2.45) is 39.9 Å². The molecule has 5 amide bonds. The van der Waals surface area contributed by atoms with Gasteiger partial charge in [0.2, 0.25) is 35.5 Å². The summed E-state index contributed by atoms with van der Waals surface area (Å²) in [5.74, 6) is -5.06. The van der Waals surface area contributed by atoms with Gasteiger partial charge in [-0.15, -0.1) is 0 Å². The maximum Gasteiger partial charge on any atom is 0.326 e. The number of nitrogens with two attached hydrogens (primary N) is 4. The predicted octanol–water partition coefficient (Wildman–Crippen LogP) is -0.907. The molecule has 0 radical (unpaired) electrons. The Hall–Kier alpha value is -5.17. The molecule has 0 saturated carbocycles. The smallest absolute Gasteiger partial charge is 0.326 e. The number of aliphatic carboxylic acids is 1. The van der Waals surface area contributed by atoms with Crippen molar-refractivity contribution >= 4 is 41.5 Å². The van der Waals surface area contributed by atoms with Crippen LogP contribution in [0.15, 0.2) is 29.4 Å². The highest BCUT2D eigenvalue weighted by Gasteiger charge is 2.40. The lowest BCUT2D eigenvalue weighted by atomic mass is 9.96. The molecule has 0 bridgehead atoms. The monoisotopic (exact) mass is 790 g/mol. The van der Waals surface area contributed by atoms with Gasteiger partial charge in [0.25, 0.3) is 0 Å². The highest BCUT2D eigenvalue weighted by molar-refractivity contribution is 5.96. The summed E-state index contributed by atoms with van der Waals surface area (Å²) in [5, 5.41) is 33.7. The molecule has 0 aromatic heterocycles. The number of unbranched alkanes of at least 4 members (excludes halogenated alkanes) is 1. The summed E-state index contributed by atoms with van der Waals surface area (Å²) in [6.07, 6.45) is 2.72. The number of phenolic OH excluding ortho intramolecular Hbond substituents is 1. The maximum absolute atomic E-state index is 14.0. The molecule has 1 heterocycles. The van der Waals surface area contributed by atoms with E-state index in [1.165, 1.54) is 17.0 Å². The van der Waals surface area contributed by atoms with Gasteiger partial charge in [-0.1, -0.05) is 46.2 Å². The number of carbonyl (C=O) groups excluding carboxylic acids is 5. The fourth-order valence-electron chi connectivity index (χ4n) is 6.22. The fraction of sp³-hybridized carbons (Fsp3) is 0.649. The Labute approximate surface area is 328 Å². The van der Waals surface area contributed by atoms with E-state index in [2.05, 4.69) is 26.4 Å². The van der Waals surface area contributed by atoms with Crippen molar-refractivity contribution in [3.63, 3.8) is 0 Å². The zero-order valence-electron chi connectivity index (χ0n) is 32.9. The van der Waals surface area contributed by atoms with E-state index in [1.807, 2.05) is 20.8 Å². The van der Waals surface area contributed by atoms with Crippen LogP contribution in [0.3, 0.4) is 0 Å². The van der Waals surface area contributed by atoms with Gasteiger partial charge >= 0.3 is 5.97 Å². The van der Waals surface area contributed by atoms with Gasteiger partial charge in [0.15, 0.2) is 0 Å². The first-order valence-corrected chi connectivity index (χ1v) is 19.2. The Balaban J connectivity index is 2.33. The largest absolute Gasteiger partial charge is 0.508 e. The fourth-order valence-corrected chi connectivity index (χ4v) is 6.22. The van der Waals surface area contributed by atoms with Crippen LogP contribution in [0.5, 0.6) is 5.75 Å². The van der Waals surface area contributed by atoms with Gasteiger partial charge in [0.1, 0.15) is 42.6 Å². The lowest BCUT2D eigenvalue weighted by Gasteiger charge is -2.31. The molecule has 0 unspecified atom stereocenters. The minimum atomic E-state index is -1.24. The summed E-state index contributed by atoms with van der Waals surface area (Å²) >= 11 is 0. The summed E-state index contributed by atoms with van der Waals surface area (Å²) < 4.78 is 0. The highest BCUT2D eigenvalue weighted by atomic mass is 16.6. The lowest BCUT2D eigenvalue weighted by Crippen LogP contribution is -2.60. The zero-order chi connectivity index (χ0) is 41.9. The van der Waals surface area contributed by atoms with E-state index in [0.717, 1.165) is 0 Å². The standard InChI is InChI=1S/C37H62N10O9/c1-5-22(4)30(34(52)44-28(36(54)55)19-21(2)3)45-32(50)27(20-23-11-13-24(48)14-12-23)43-33(51)29-10-8-17-47(29)35(53)26(9-6-7-16-38)42-31(49)25(39)15-18-56-46-37(40)41/h11-14,21-22,25-30,48H,5-10,15-20,38-39H2,1-4H3,(H,42,49)(H,43,51)(H,44,52)(H,45,50)(H,54,55)(H4,40,41,46)/t22-,25-,26-,27-,28-,29-,30-/m0/s1. The third kappa shape index (κ3) is 15.5. The van der Waals surface area contributed by atoms with Crippen LogP contribution in [0, 0.1) is 11.8 Å². The van der Waals surface area contributed by atoms with E-state index < -0.39 is 77.7 Å². The van der Waals surface area contributed by atoms with Gasteiger partial charge < -0.3 is 64.2 Å². The Kier molecular flexibility index (Phi) is 19.9. The Morgan fingerprint density at radius 1 is 0.911 bits per heavy atom. The highest BCUT2D eigenvalue weighted by Crippen LogP contribution is 2.21. The van der Waals surface area contributed by atoms with Gasteiger partial charge in [0.05, 0.1) is 6.04 Å². The molecule has 2 rings (SSSR count). The van der Waals surface area contributed by atoms with E-state index in [-0.39, 0.29) is 62.9 Å². The number of carboxylic acid groups (broad SMARTS) is 1. The van der Waals surface area contributed by atoms with Crippen LogP contribution in [0.4, 0.5) is 0 Å². The van der Waals surface area contributed by atoms with Gasteiger partial charge in [-0.05, 0) is 79.8 Å². The average Bonchev–Trinajstić information content (AvgIpc) is 3.64. The Bertz CT molecular complexity index is 1490. The SMILES string of the molecule is CC[C@H](C)[C@H](NC(=O)[C@H](Cc1ccc(O)cc1)NC(=O)[C@@H]1CCCN1C(=O)[C@H](CCCCN)NC(=O)[C@@H](N)CCON=C(N)N)C(=O)N[C@@H](CC(C)C)C(=O)O. The van der Waals surface area contributed by atoms with Crippen molar-refractivity contribution in [3.05, 3.63) is 29.8 Å². The van der Waals surface area contributed by atoms with Crippen molar-refractivity contribution < 1.29 is 43.8 Å². The first-order valence-electron chi connectivity index (χ1n) is 19.2. The minimum absolute atomic E-state index is 0.00451. The number of nitrogens with one attached hydrogen (secondary N) is 4. The molecule has 56 heavy (non-hydrogen) atoms. The molecular formula is C37H62N10O9. The number of likely N-dealkylation sites (tertiary alicyclic amines) is 1.